The molecule has 1 atom stereocenters. The van der Waals surface area contributed by atoms with E-state index >= 15 is 0 Å². The topological polar surface area (TPSA) is 18.5 Å². The quantitative estimate of drug-likeness (QED) is 0.800. The second-order valence-corrected chi connectivity index (χ2v) is 6.56. The first-order valence-electron chi connectivity index (χ1n) is 8.04. The minimum atomic E-state index is 0.799. The predicted octanol–water partition coefficient (Wildman–Crippen LogP) is 1.54. The van der Waals surface area contributed by atoms with E-state index < -0.39 is 0 Å². The van der Waals surface area contributed by atoms with Crippen molar-refractivity contribution < 1.29 is 0 Å². The Labute approximate surface area is 112 Å². The molecule has 1 N–H and O–H groups in total. The Morgan fingerprint density at radius 3 is 2.28 bits per heavy atom. The van der Waals surface area contributed by atoms with E-state index in [1.54, 1.807) is 0 Å². The third-order valence-electron chi connectivity index (χ3n) is 4.99. The minimum absolute atomic E-state index is 0.799. The van der Waals surface area contributed by atoms with Gasteiger partial charge >= 0.3 is 0 Å². The number of piperidine rings is 1. The Hall–Kier alpha value is -0.120. The second kappa shape index (κ2) is 5.89. The van der Waals surface area contributed by atoms with Crippen molar-refractivity contribution in [1.29, 1.82) is 0 Å². The molecule has 0 bridgehead atoms. The Bertz CT molecular complexity index is 256. The van der Waals surface area contributed by atoms with Crippen LogP contribution in [0.25, 0.3) is 0 Å². The Morgan fingerprint density at radius 2 is 1.61 bits per heavy atom. The van der Waals surface area contributed by atoms with E-state index in [1.165, 1.54) is 71.4 Å². The summed E-state index contributed by atoms with van der Waals surface area (Å²) >= 11 is 0. The predicted molar refractivity (Wildman–Crippen MR) is 75.8 cm³/mol. The van der Waals surface area contributed by atoms with Gasteiger partial charge in [0, 0.05) is 25.2 Å². The number of hydrogen-bond acceptors (Lipinski definition) is 3. The Kier molecular flexibility index (Phi) is 4.22. The van der Waals surface area contributed by atoms with Crippen LogP contribution in [0.4, 0.5) is 0 Å². The average Bonchev–Trinajstić information content (AvgIpc) is 3.10. The van der Waals surface area contributed by atoms with Crippen LogP contribution >= 0.6 is 0 Å². The van der Waals surface area contributed by atoms with E-state index in [0.717, 1.165) is 18.0 Å². The van der Waals surface area contributed by atoms with Crippen molar-refractivity contribution in [2.75, 3.05) is 39.3 Å². The molecule has 3 fully saturated rings. The highest BCUT2D eigenvalue weighted by molar-refractivity contribution is 4.90. The molecular weight excluding hydrogens is 222 g/mol. The average molecular weight is 251 g/mol. The molecule has 0 aromatic heterocycles. The van der Waals surface area contributed by atoms with Crippen LogP contribution in [0.1, 0.15) is 39.0 Å². The maximum atomic E-state index is 3.79. The standard InChI is InChI=1S/C15H29N3/c1-2-17-8-5-13(6-9-17)11-18-10-7-15(12-18)16-14-3-4-14/h13-16H,2-12H2,1H3. The zero-order chi connectivity index (χ0) is 12.4. The van der Waals surface area contributed by atoms with E-state index in [0.29, 0.717) is 0 Å². The van der Waals surface area contributed by atoms with Crippen LogP contribution in [0.15, 0.2) is 0 Å². The van der Waals surface area contributed by atoms with Crippen molar-refractivity contribution in [3.8, 4) is 0 Å². The second-order valence-electron chi connectivity index (χ2n) is 6.56. The number of rotatable bonds is 5. The van der Waals surface area contributed by atoms with Crippen LogP contribution in [-0.4, -0.2) is 61.2 Å². The fraction of sp³-hybridized carbons (Fsp3) is 1.00. The van der Waals surface area contributed by atoms with Crippen LogP contribution < -0.4 is 5.32 Å². The van der Waals surface area contributed by atoms with Crippen LogP contribution in [0, 0.1) is 5.92 Å². The summed E-state index contributed by atoms with van der Waals surface area (Å²) in [6.45, 7) is 10.2. The molecule has 18 heavy (non-hydrogen) atoms. The first-order valence-corrected chi connectivity index (χ1v) is 8.04. The molecule has 1 saturated carbocycles. The smallest absolute Gasteiger partial charge is 0.0209 e. The highest BCUT2D eigenvalue weighted by atomic mass is 15.2. The van der Waals surface area contributed by atoms with E-state index in [9.17, 15) is 0 Å². The first kappa shape index (κ1) is 12.9. The summed E-state index contributed by atoms with van der Waals surface area (Å²) < 4.78 is 0. The third-order valence-corrected chi connectivity index (χ3v) is 4.99. The van der Waals surface area contributed by atoms with Gasteiger partial charge in [-0.05, 0) is 64.2 Å². The number of nitrogens with one attached hydrogen (secondary N) is 1. The van der Waals surface area contributed by atoms with Gasteiger partial charge in [0.05, 0.1) is 0 Å². The van der Waals surface area contributed by atoms with Gasteiger partial charge in [-0.3, -0.25) is 0 Å². The van der Waals surface area contributed by atoms with E-state index in [4.69, 9.17) is 0 Å². The van der Waals surface area contributed by atoms with Crippen molar-refractivity contribution in [3.63, 3.8) is 0 Å². The zero-order valence-electron chi connectivity index (χ0n) is 11.9. The van der Waals surface area contributed by atoms with Gasteiger partial charge in [-0.15, -0.1) is 0 Å². The first-order chi connectivity index (χ1) is 8.83. The fourth-order valence-electron chi connectivity index (χ4n) is 3.57. The zero-order valence-corrected chi connectivity index (χ0v) is 11.9. The van der Waals surface area contributed by atoms with E-state index in [1.807, 2.05) is 0 Å². The van der Waals surface area contributed by atoms with Gasteiger partial charge in [-0.25, -0.2) is 0 Å². The molecule has 1 aliphatic carbocycles. The lowest BCUT2D eigenvalue weighted by molar-refractivity contribution is 0.158. The van der Waals surface area contributed by atoms with Gasteiger partial charge in [0.25, 0.3) is 0 Å². The summed E-state index contributed by atoms with van der Waals surface area (Å²) in [6.07, 6.45) is 7.07. The van der Waals surface area contributed by atoms with Crippen molar-refractivity contribution in [2.45, 2.75) is 51.1 Å². The van der Waals surface area contributed by atoms with Gasteiger partial charge in [0.1, 0.15) is 0 Å². The highest BCUT2D eigenvalue weighted by Crippen LogP contribution is 2.24. The van der Waals surface area contributed by atoms with Gasteiger partial charge in [-0.1, -0.05) is 6.92 Å². The lowest BCUT2D eigenvalue weighted by Gasteiger charge is -2.33. The molecule has 0 radical (unpaired) electrons. The Balaban J connectivity index is 1.36. The molecule has 3 nitrogen and oxygen atoms in total. The van der Waals surface area contributed by atoms with Crippen LogP contribution in [0.5, 0.6) is 0 Å². The van der Waals surface area contributed by atoms with Crippen molar-refractivity contribution in [3.05, 3.63) is 0 Å². The van der Waals surface area contributed by atoms with Crippen LogP contribution in [0.2, 0.25) is 0 Å². The lowest BCUT2D eigenvalue weighted by atomic mass is 9.96. The molecule has 3 heteroatoms. The molecule has 0 aromatic carbocycles. The van der Waals surface area contributed by atoms with E-state index in [-0.39, 0.29) is 0 Å². The van der Waals surface area contributed by atoms with Gasteiger partial charge in [0.15, 0.2) is 0 Å². The van der Waals surface area contributed by atoms with Crippen molar-refractivity contribution >= 4 is 0 Å². The molecule has 2 aliphatic heterocycles. The summed E-state index contributed by atoms with van der Waals surface area (Å²) in [5, 5.41) is 3.79. The molecule has 2 heterocycles. The molecule has 0 spiro atoms. The fourth-order valence-corrected chi connectivity index (χ4v) is 3.57. The normalized spacial score (nSPS) is 32.2. The SMILES string of the molecule is CCN1CCC(CN2CCC(NC3CC3)C2)CC1. The number of likely N-dealkylation sites (tertiary alicyclic amines) is 2. The van der Waals surface area contributed by atoms with Gasteiger partial charge in [0.2, 0.25) is 0 Å². The summed E-state index contributed by atoms with van der Waals surface area (Å²) in [6, 6.07) is 1.68. The maximum Gasteiger partial charge on any atom is 0.0209 e. The molecule has 2 saturated heterocycles. The van der Waals surface area contributed by atoms with Gasteiger partial charge < -0.3 is 15.1 Å². The summed E-state index contributed by atoms with van der Waals surface area (Å²) in [7, 11) is 0. The lowest BCUT2D eigenvalue weighted by Crippen LogP contribution is -2.39. The summed E-state index contributed by atoms with van der Waals surface area (Å²) in [5.41, 5.74) is 0. The number of nitrogens with zero attached hydrogens (tertiary/aromatic N) is 2. The third kappa shape index (κ3) is 3.46. The number of hydrogen-bond donors (Lipinski definition) is 1. The molecule has 0 amide bonds. The monoisotopic (exact) mass is 251 g/mol. The van der Waals surface area contributed by atoms with Crippen LogP contribution in [0.3, 0.4) is 0 Å². The molecule has 0 aromatic rings. The molecule has 3 aliphatic rings. The largest absolute Gasteiger partial charge is 0.310 e. The molecule has 1 unspecified atom stereocenters. The Morgan fingerprint density at radius 1 is 0.889 bits per heavy atom. The highest BCUT2D eigenvalue weighted by Gasteiger charge is 2.30. The summed E-state index contributed by atoms with van der Waals surface area (Å²) in [5.74, 6) is 0.965. The van der Waals surface area contributed by atoms with Gasteiger partial charge in [-0.2, -0.15) is 0 Å². The molecular formula is C15H29N3. The molecule has 104 valence electrons. The molecule has 3 rings (SSSR count). The van der Waals surface area contributed by atoms with E-state index in [2.05, 4.69) is 22.0 Å². The minimum Gasteiger partial charge on any atom is -0.310 e. The van der Waals surface area contributed by atoms with Crippen molar-refractivity contribution in [1.82, 2.24) is 15.1 Å². The van der Waals surface area contributed by atoms with Crippen LogP contribution in [-0.2, 0) is 0 Å². The van der Waals surface area contributed by atoms with Crippen molar-refractivity contribution in [2.24, 2.45) is 5.92 Å². The maximum absolute atomic E-state index is 3.79. The summed E-state index contributed by atoms with van der Waals surface area (Å²) in [4.78, 5) is 5.31.